The van der Waals surface area contributed by atoms with Gasteiger partial charge in [-0.1, -0.05) is 0 Å². The van der Waals surface area contributed by atoms with E-state index in [1.54, 1.807) is 7.11 Å². The van der Waals surface area contributed by atoms with Crippen LogP contribution in [0.4, 0.5) is 0 Å². The molecule has 0 saturated carbocycles. The van der Waals surface area contributed by atoms with Gasteiger partial charge in [0.05, 0.1) is 13.2 Å². The third-order valence-corrected chi connectivity index (χ3v) is 0.740. The van der Waals surface area contributed by atoms with Crippen molar-refractivity contribution in [3.05, 3.63) is 0 Å². The fourth-order valence-corrected chi connectivity index (χ4v) is 0.342. The van der Waals surface area contributed by atoms with E-state index >= 15 is 0 Å². The van der Waals surface area contributed by atoms with E-state index in [0.29, 0.717) is 13.2 Å². The zero-order valence-electron chi connectivity index (χ0n) is 7.37. The minimum Gasteiger partial charge on any atom is -0.382 e. The summed E-state index contributed by atoms with van der Waals surface area (Å²) < 4.78 is 9.48. The fourth-order valence-electron chi connectivity index (χ4n) is 0.342. The second kappa shape index (κ2) is 11.0. The molecule has 0 amide bonds. The summed E-state index contributed by atoms with van der Waals surface area (Å²) in [6, 6.07) is 0. The smallest absolute Gasteiger partial charge is 0.339 e. The van der Waals surface area contributed by atoms with E-state index in [1.165, 1.54) is 6.92 Å². The van der Waals surface area contributed by atoms with E-state index in [9.17, 15) is 4.79 Å². The summed E-state index contributed by atoms with van der Waals surface area (Å²) in [5, 5.41) is 0. The SMILES string of the molecule is COCCOCOOC(C)=O.[Zn]. The molecular weight excluding hydrogens is 217 g/mol. The van der Waals surface area contributed by atoms with Crippen LogP contribution in [0.1, 0.15) is 6.92 Å². The van der Waals surface area contributed by atoms with Gasteiger partial charge in [0.15, 0.2) is 6.79 Å². The van der Waals surface area contributed by atoms with Gasteiger partial charge >= 0.3 is 5.97 Å². The molecule has 6 heteroatoms. The van der Waals surface area contributed by atoms with Crippen LogP contribution in [0.25, 0.3) is 0 Å². The molecule has 0 aliphatic heterocycles. The van der Waals surface area contributed by atoms with Crippen molar-refractivity contribution >= 4 is 5.97 Å². The summed E-state index contributed by atoms with van der Waals surface area (Å²) in [5.41, 5.74) is 0. The molecule has 68 valence electrons. The molecule has 0 aliphatic carbocycles. The van der Waals surface area contributed by atoms with Crippen molar-refractivity contribution in [3.63, 3.8) is 0 Å². The molecule has 0 bridgehead atoms. The maximum Gasteiger partial charge on any atom is 0.339 e. The first-order valence-corrected chi connectivity index (χ1v) is 3.14. The Bertz CT molecular complexity index is 108. The summed E-state index contributed by atoms with van der Waals surface area (Å²) in [6.45, 7) is 2.08. The van der Waals surface area contributed by atoms with Gasteiger partial charge in [0.1, 0.15) is 0 Å². The van der Waals surface area contributed by atoms with Crippen LogP contribution in [0.3, 0.4) is 0 Å². The van der Waals surface area contributed by atoms with E-state index in [4.69, 9.17) is 4.74 Å². The van der Waals surface area contributed by atoms with Gasteiger partial charge in [0.25, 0.3) is 0 Å². The fraction of sp³-hybridized carbons (Fsp3) is 0.833. The molecule has 0 aliphatic rings. The molecule has 0 atom stereocenters. The summed E-state index contributed by atoms with van der Waals surface area (Å²) in [6.07, 6.45) is 0. The van der Waals surface area contributed by atoms with Gasteiger partial charge in [-0.15, -0.1) is 0 Å². The Morgan fingerprint density at radius 2 is 2.00 bits per heavy atom. The molecule has 0 aromatic heterocycles. The molecule has 0 N–H and O–H groups in total. The Labute approximate surface area is 84.0 Å². The number of rotatable bonds is 6. The Morgan fingerprint density at radius 3 is 2.50 bits per heavy atom. The van der Waals surface area contributed by atoms with Crippen LogP contribution < -0.4 is 0 Å². The van der Waals surface area contributed by atoms with Crippen molar-refractivity contribution in [2.45, 2.75) is 6.92 Å². The van der Waals surface area contributed by atoms with E-state index in [2.05, 4.69) is 14.5 Å². The minimum atomic E-state index is -0.500. The van der Waals surface area contributed by atoms with Crippen molar-refractivity contribution in [3.8, 4) is 0 Å². The molecule has 12 heavy (non-hydrogen) atoms. The average molecular weight is 230 g/mol. The van der Waals surface area contributed by atoms with Crippen LogP contribution in [-0.2, 0) is 43.5 Å². The van der Waals surface area contributed by atoms with Gasteiger partial charge in [0.2, 0.25) is 0 Å². The predicted octanol–water partition coefficient (Wildman–Crippen LogP) is 0.0991. The topological polar surface area (TPSA) is 54.0 Å². The molecule has 0 unspecified atom stereocenters. The molecule has 0 spiro atoms. The largest absolute Gasteiger partial charge is 0.382 e. The van der Waals surface area contributed by atoms with Gasteiger partial charge in [0, 0.05) is 33.5 Å². The maximum absolute atomic E-state index is 10.1. The molecular formula is C6H12O5Zn. The van der Waals surface area contributed by atoms with Crippen LogP contribution in [0.2, 0.25) is 0 Å². The van der Waals surface area contributed by atoms with Crippen LogP contribution in [0.5, 0.6) is 0 Å². The molecule has 0 fully saturated rings. The number of hydrogen-bond acceptors (Lipinski definition) is 5. The van der Waals surface area contributed by atoms with Crippen molar-refractivity contribution in [1.29, 1.82) is 0 Å². The van der Waals surface area contributed by atoms with E-state index in [0.717, 1.165) is 0 Å². The van der Waals surface area contributed by atoms with E-state index in [-0.39, 0.29) is 26.3 Å². The van der Waals surface area contributed by atoms with Crippen molar-refractivity contribution in [2.24, 2.45) is 0 Å². The quantitative estimate of drug-likeness (QED) is 0.213. The van der Waals surface area contributed by atoms with Crippen LogP contribution in [-0.4, -0.2) is 33.1 Å². The number of carbonyl (C=O) groups excluding carboxylic acids is 1. The van der Waals surface area contributed by atoms with Gasteiger partial charge in [-0.2, -0.15) is 4.89 Å². The third-order valence-electron chi connectivity index (χ3n) is 0.740. The maximum atomic E-state index is 10.1. The van der Waals surface area contributed by atoms with Crippen molar-refractivity contribution < 1.29 is 43.5 Å². The normalized spacial score (nSPS) is 8.83. The minimum absolute atomic E-state index is 0. The third kappa shape index (κ3) is 12.6. The van der Waals surface area contributed by atoms with Crippen molar-refractivity contribution in [2.75, 3.05) is 27.1 Å². The van der Waals surface area contributed by atoms with Gasteiger partial charge < -0.3 is 9.47 Å². The Hall–Kier alpha value is -0.0266. The van der Waals surface area contributed by atoms with Crippen LogP contribution in [0.15, 0.2) is 0 Å². The monoisotopic (exact) mass is 228 g/mol. The van der Waals surface area contributed by atoms with Gasteiger partial charge in [-0.25, -0.2) is 4.79 Å². The average Bonchev–Trinajstić information content (AvgIpc) is 1.96. The zero-order valence-corrected chi connectivity index (χ0v) is 10.3. The predicted molar refractivity (Wildman–Crippen MR) is 35.5 cm³/mol. The summed E-state index contributed by atoms with van der Waals surface area (Å²) in [7, 11) is 1.57. The van der Waals surface area contributed by atoms with Gasteiger partial charge in [-0.05, 0) is 0 Å². The molecule has 5 nitrogen and oxygen atoms in total. The Balaban J connectivity index is 0. The Kier molecular flexibility index (Phi) is 13.3. The first kappa shape index (κ1) is 14.5. The molecule has 0 aromatic carbocycles. The number of ether oxygens (including phenoxy) is 2. The molecule has 0 saturated heterocycles. The molecule has 0 heterocycles. The number of methoxy groups -OCH3 is 1. The van der Waals surface area contributed by atoms with Crippen LogP contribution in [0, 0.1) is 0 Å². The van der Waals surface area contributed by atoms with E-state index < -0.39 is 5.97 Å². The van der Waals surface area contributed by atoms with Crippen molar-refractivity contribution in [1.82, 2.24) is 0 Å². The first-order chi connectivity index (χ1) is 5.27. The summed E-state index contributed by atoms with van der Waals surface area (Å²) >= 11 is 0. The second-order valence-electron chi connectivity index (χ2n) is 1.71. The number of hydrogen-bond donors (Lipinski definition) is 0. The second-order valence-corrected chi connectivity index (χ2v) is 1.71. The first-order valence-electron chi connectivity index (χ1n) is 3.14. The summed E-state index contributed by atoms with van der Waals surface area (Å²) in [5.74, 6) is -0.500. The van der Waals surface area contributed by atoms with Gasteiger partial charge in [-0.3, -0.25) is 4.89 Å². The van der Waals surface area contributed by atoms with E-state index in [1.807, 2.05) is 0 Å². The standard InChI is InChI=1S/C6H12O5.Zn/c1-6(7)11-10-5-9-4-3-8-2;/h3-5H2,1-2H3;. The zero-order chi connectivity index (χ0) is 8.53. The summed E-state index contributed by atoms with van der Waals surface area (Å²) in [4.78, 5) is 18.5. The Morgan fingerprint density at radius 1 is 1.33 bits per heavy atom. The number of carbonyl (C=O) groups is 1. The molecule has 0 rings (SSSR count). The van der Waals surface area contributed by atoms with Crippen LogP contribution >= 0.6 is 0 Å². The molecule has 0 radical (unpaired) electrons. The molecule has 0 aromatic rings.